The van der Waals surface area contributed by atoms with Crippen LogP contribution in [0.25, 0.3) is 0 Å². The number of rotatable bonds is 6. The minimum absolute atomic E-state index is 0.286. The summed E-state index contributed by atoms with van der Waals surface area (Å²) in [5.41, 5.74) is 0.730. The zero-order valence-electron chi connectivity index (χ0n) is 12.2. The minimum Gasteiger partial charge on any atom is -0.388 e. The largest absolute Gasteiger partial charge is 0.388 e. The SMILES string of the molecule is OC(CSc1nnc(C2CC2)n1C1CC1)c1ccc(F)cc1. The highest BCUT2D eigenvalue weighted by atomic mass is 32.2. The molecule has 0 amide bonds. The fraction of sp³-hybridized carbons (Fsp3) is 0.500. The Bertz CT molecular complexity index is 665. The molecule has 4 nitrogen and oxygen atoms in total. The van der Waals surface area contributed by atoms with Crippen LogP contribution in [-0.4, -0.2) is 25.6 Å². The van der Waals surface area contributed by atoms with E-state index >= 15 is 0 Å². The molecule has 1 N–H and O–H groups in total. The first-order valence-electron chi connectivity index (χ1n) is 7.73. The molecule has 2 aliphatic carbocycles. The first kappa shape index (κ1) is 14.2. The topological polar surface area (TPSA) is 50.9 Å². The lowest BCUT2D eigenvalue weighted by Gasteiger charge is -2.12. The quantitative estimate of drug-likeness (QED) is 0.829. The molecule has 1 atom stereocenters. The highest BCUT2D eigenvalue weighted by molar-refractivity contribution is 7.99. The average Bonchev–Trinajstić information content (AvgIpc) is 3.44. The van der Waals surface area contributed by atoms with Gasteiger partial charge < -0.3 is 9.67 Å². The van der Waals surface area contributed by atoms with Crippen LogP contribution in [0.1, 0.15) is 55.1 Å². The number of aliphatic hydroxyl groups is 1. The lowest BCUT2D eigenvalue weighted by atomic mass is 10.1. The summed E-state index contributed by atoms with van der Waals surface area (Å²) >= 11 is 1.53. The maximum absolute atomic E-state index is 12.9. The number of hydrogen-bond donors (Lipinski definition) is 1. The molecular weight excluding hydrogens is 301 g/mol. The summed E-state index contributed by atoms with van der Waals surface area (Å²) in [5, 5.41) is 19.8. The van der Waals surface area contributed by atoms with Gasteiger partial charge in [-0.3, -0.25) is 0 Å². The Morgan fingerprint density at radius 1 is 1.18 bits per heavy atom. The van der Waals surface area contributed by atoms with E-state index in [9.17, 15) is 9.50 Å². The van der Waals surface area contributed by atoms with Crippen molar-refractivity contribution < 1.29 is 9.50 Å². The fourth-order valence-corrected chi connectivity index (χ4v) is 3.60. The molecule has 0 saturated heterocycles. The molecule has 116 valence electrons. The van der Waals surface area contributed by atoms with E-state index < -0.39 is 6.10 Å². The van der Waals surface area contributed by atoms with Crippen LogP contribution < -0.4 is 0 Å². The van der Waals surface area contributed by atoms with Gasteiger partial charge in [-0.1, -0.05) is 23.9 Å². The molecule has 0 aliphatic heterocycles. The Balaban J connectivity index is 1.46. The highest BCUT2D eigenvalue weighted by Gasteiger charge is 2.36. The maximum atomic E-state index is 12.9. The second-order valence-electron chi connectivity index (χ2n) is 6.09. The monoisotopic (exact) mass is 319 g/mol. The molecule has 1 aromatic heterocycles. The first-order chi connectivity index (χ1) is 10.7. The number of hydrogen-bond acceptors (Lipinski definition) is 4. The lowest BCUT2D eigenvalue weighted by Crippen LogP contribution is -2.05. The Morgan fingerprint density at radius 3 is 2.55 bits per heavy atom. The van der Waals surface area contributed by atoms with E-state index in [0.717, 1.165) is 16.5 Å². The lowest BCUT2D eigenvalue weighted by molar-refractivity contribution is 0.204. The van der Waals surface area contributed by atoms with Crippen LogP contribution in [0.2, 0.25) is 0 Å². The molecule has 2 aromatic rings. The fourth-order valence-electron chi connectivity index (χ4n) is 2.62. The normalized spacial score (nSPS) is 19.4. The van der Waals surface area contributed by atoms with Gasteiger partial charge >= 0.3 is 0 Å². The van der Waals surface area contributed by atoms with Crippen molar-refractivity contribution in [3.8, 4) is 0 Å². The average molecular weight is 319 g/mol. The van der Waals surface area contributed by atoms with Gasteiger partial charge in [0.15, 0.2) is 5.16 Å². The van der Waals surface area contributed by atoms with Crippen molar-refractivity contribution in [1.29, 1.82) is 0 Å². The number of aliphatic hydroxyl groups excluding tert-OH is 1. The first-order valence-corrected chi connectivity index (χ1v) is 8.72. The van der Waals surface area contributed by atoms with Crippen molar-refractivity contribution in [3.05, 3.63) is 41.5 Å². The van der Waals surface area contributed by atoms with Crippen molar-refractivity contribution in [1.82, 2.24) is 14.8 Å². The van der Waals surface area contributed by atoms with Crippen LogP contribution >= 0.6 is 11.8 Å². The van der Waals surface area contributed by atoms with Crippen LogP contribution in [0.4, 0.5) is 4.39 Å². The zero-order chi connectivity index (χ0) is 15.1. The second kappa shape index (κ2) is 5.66. The van der Waals surface area contributed by atoms with Crippen LogP contribution in [0.15, 0.2) is 29.4 Å². The van der Waals surface area contributed by atoms with Crippen LogP contribution in [0.5, 0.6) is 0 Å². The van der Waals surface area contributed by atoms with Crippen molar-refractivity contribution in [3.63, 3.8) is 0 Å². The van der Waals surface area contributed by atoms with E-state index in [1.54, 1.807) is 12.1 Å². The van der Waals surface area contributed by atoms with Crippen molar-refractivity contribution in [2.75, 3.05) is 5.75 Å². The maximum Gasteiger partial charge on any atom is 0.191 e. The molecule has 2 saturated carbocycles. The third kappa shape index (κ3) is 2.90. The second-order valence-corrected chi connectivity index (χ2v) is 7.08. The Labute approximate surface area is 132 Å². The van der Waals surface area contributed by atoms with E-state index in [-0.39, 0.29) is 5.82 Å². The van der Waals surface area contributed by atoms with Gasteiger partial charge in [-0.2, -0.15) is 0 Å². The van der Waals surface area contributed by atoms with Crippen LogP contribution in [0.3, 0.4) is 0 Å². The van der Waals surface area contributed by atoms with Gasteiger partial charge in [0.05, 0.1) is 6.10 Å². The Hall–Kier alpha value is -1.40. The summed E-state index contributed by atoms with van der Waals surface area (Å²) in [6.07, 6.45) is 4.21. The summed E-state index contributed by atoms with van der Waals surface area (Å²) in [5.74, 6) is 1.93. The number of thioether (sulfide) groups is 1. The molecule has 1 aromatic carbocycles. The summed E-state index contributed by atoms with van der Waals surface area (Å²) in [4.78, 5) is 0. The van der Waals surface area contributed by atoms with E-state index in [2.05, 4.69) is 14.8 Å². The van der Waals surface area contributed by atoms with Crippen molar-refractivity contribution >= 4 is 11.8 Å². The van der Waals surface area contributed by atoms with Gasteiger partial charge in [0, 0.05) is 17.7 Å². The molecule has 1 unspecified atom stereocenters. The summed E-state index contributed by atoms with van der Waals surface area (Å²) in [6.45, 7) is 0. The molecule has 6 heteroatoms. The molecule has 22 heavy (non-hydrogen) atoms. The van der Waals surface area contributed by atoms with Gasteiger partial charge in [-0.15, -0.1) is 10.2 Å². The van der Waals surface area contributed by atoms with E-state index in [4.69, 9.17) is 0 Å². The Kier molecular flexibility index (Phi) is 3.66. The summed E-state index contributed by atoms with van der Waals surface area (Å²) in [6, 6.07) is 6.56. The predicted octanol–water partition coefficient (Wildman–Crippen LogP) is 3.46. The summed E-state index contributed by atoms with van der Waals surface area (Å²) in [7, 11) is 0. The minimum atomic E-state index is -0.626. The zero-order valence-corrected chi connectivity index (χ0v) is 13.0. The van der Waals surface area contributed by atoms with Crippen LogP contribution in [0, 0.1) is 5.82 Å². The van der Waals surface area contributed by atoms with Crippen molar-refractivity contribution in [2.24, 2.45) is 0 Å². The van der Waals surface area contributed by atoms with Crippen molar-refractivity contribution in [2.45, 2.75) is 48.9 Å². The molecule has 4 rings (SSSR count). The number of benzene rings is 1. The molecular formula is C16H18FN3OS. The smallest absolute Gasteiger partial charge is 0.191 e. The third-order valence-corrected chi connectivity index (χ3v) is 5.19. The van der Waals surface area contributed by atoms with Gasteiger partial charge in [-0.05, 0) is 43.4 Å². The molecule has 1 heterocycles. The van der Waals surface area contributed by atoms with E-state index in [1.165, 1.54) is 49.6 Å². The van der Waals surface area contributed by atoms with Gasteiger partial charge in [0.1, 0.15) is 11.6 Å². The van der Waals surface area contributed by atoms with Gasteiger partial charge in [0.25, 0.3) is 0 Å². The predicted molar refractivity (Wildman–Crippen MR) is 82.4 cm³/mol. The Morgan fingerprint density at radius 2 is 1.91 bits per heavy atom. The van der Waals surface area contributed by atoms with Crippen LogP contribution in [-0.2, 0) is 0 Å². The summed E-state index contributed by atoms with van der Waals surface area (Å²) < 4.78 is 15.2. The van der Waals surface area contributed by atoms with Gasteiger partial charge in [0.2, 0.25) is 0 Å². The van der Waals surface area contributed by atoms with E-state index in [1.807, 2.05) is 0 Å². The van der Waals surface area contributed by atoms with Gasteiger partial charge in [-0.25, -0.2) is 4.39 Å². The standard InChI is InChI=1S/C16H18FN3OS/c17-12-5-3-10(4-6-12)14(21)9-22-16-19-18-15(11-1-2-11)20(16)13-7-8-13/h3-6,11,13-14,21H,1-2,7-9H2. The molecule has 0 radical (unpaired) electrons. The highest BCUT2D eigenvalue weighted by Crippen LogP contribution is 2.46. The van der Waals surface area contributed by atoms with E-state index in [0.29, 0.717) is 17.7 Å². The number of halogens is 1. The third-order valence-electron chi connectivity index (χ3n) is 4.17. The number of nitrogens with zero attached hydrogens (tertiary/aromatic N) is 3. The number of aromatic nitrogens is 3. The molecule has 0 spiro atoms. The molecule has 2 aliphatic rings. The molecule has 0 bridgehead atoms. The molecule has 2 fully saturated rings.